The second-order valence-corrected chi connectivity index (χ2v) is 7.05. The van der Waals surface area contributed by atoms with E-state index in [4.69, 9.17) is 11.6 Å². The van der Waals surface area contributed by atoms with Gasteiger partial charge >= 0.3 is 0 Å². The molecule has 1 aromatic rings. The molecule has 0 amide bonds. The third kappa shape index (κ3) is 2.55. The van der Waals surface area contributed by atoms with Crippen LogP contribution in [0.2, 0.25) is 5.02 Å². The molecule has 0 heterocycles. The van der Waals surface area contributed by atoms with Gasteiger partial charge in [0, 0.05) is 5.02 Å². The Morgan fingerprint density at radius 1 is 1.21 bits per heavy atom. The Hall–Kier alpha value is -0.530. The molecule has 2 bridgehead atoms. The maximum atomic E-state index is 10.6. The van der Waals surface area contributed by atoms with Crippen molar-refractivity contribution in [3.05, 3.63) is 33.8 Å². The molecule has 3 rings (SSSR count). The normalized spacial score (nSPS) is 30.8. The van der Waals surface area contributed by atoms with Crippen molar-refractivity contribution in [2.24, 2.45) is 17.8 Å². The van der Waals surface area contributed by atoms with Crippen LogP contribution in [0.15, 0.2) is 12.1 Å². The van der Waals surface area contributed by atoms with Gasteiger partial charge in [-0.1, -0.05) is 24.1 Å². The molecule has 2 heteroatoms. The van der Waals surface area contributed by atoms with E-state index in [2.05, 4.69) is 6.07 Å². The summed E-state index contributed by atoms with van der Waals surface area (Å²) in [7, 11) is 0. The highest BCUT2D eigenvalue weighted by molar-refractivity contribution is 6.31. The zero-order chi connectivity index (χ0) is 13.6. The Morgan fingerprint density at radius 3 is 2.63 bits per heavy atom. The van der Waals surface area contributed by atoms with E-state index in [9.17, 15) is 5.11 Å². The maximum absolute atomic E-state index is 10.6. The van der Waals surface area contributed by atoms with Crippen molar-refractivity contribution in [2.45, 2.75) is 52.1 Å². The van der Waals surface area contributed by atoms with Crippen molar-refractivity contribution >= 4 is 11.6 Å². The first kappa shape index (κ1) is 13.5. The fourth-order valence-electron chi connectivity index (χ4n) is 4.24. The molecule has 1 nitrogen and oxygen atoms in total. The van der Waals surface area contributed by atoms with Gasteiger partial charge in [-0.15, -0.1) is 0 Å². The minimum atomic E-state index is -0.319. The van der Waals surface area contributed by atoms with Gasteiger partial charge in [0.15, 0.2) is 0 Å². The third-order valence-corrected chi connectivity index (χ3v) is 5.72. The Morgan fingerprint density at radius 2 is 2.00 bits per heavy atom. The minimum absolute atomic E-state index is 0.319. The smallest absolute Gasteiger partial charge is 0.0795 e. The van der Waals surface area contributed by atoms with E-state index in [1.807, 2.05) is 19.9 Å². The Bertz CT molecular complexity index is 482. The van der Waals surface area contributed by atoms with Gasteiger partial charge < -0.3 is 5.11 Å². The molecule has 0 aliphatic heterocycles. The highest BCUT2D eigenvalue weighted by Crippen LogP contribution is 2.51. The highest BCUT2D eigenvalue weighted by atomic mass is 35.5. The molecule has 19 heavy (non-hydrogen) atoms. The van der Waals surface area contributed by atoms with Crippen molar-refractivity contribution in [3.8, 4) is 0 Å². The van der Waals surface area contributed by atoms with Crippen molar-refractivity contribution in [2.75, 3.05) is 0 Å². The summed E-state index contributed by atoms with van der Waals surface area (Å²) < 4.78 is 0. The first-order chi connectivity index (χ1) is 9.04. The van der Waals surface area contributed by atoms with E-state index < -0.39 is 0 Å². The van der Waals surface area contributed by atoms with Crippen LogP contribution < -0.4 is 0 Å². The first-order valence-electron chi connectivity index (χ1n) is 7.49. The van der Waals surface area contributed by atoms with Gasteiger partial charge in [0.05, 0.1) is 6.10 Å². The Balaban J connectivity index is 1.73. The average molecular weight is 279 g/mol. The summed E-state index contributed by atoms with van der Waals surface area (Å²) in [5.74, 6) is 2.58. The third-order valence-electron chi connectivity index (χ3n) is 5.32. The Labute approximate surface area is 121 Å². The first-order valence-corrected chi connectivity index (χ1v) is 7.87. The molecule has 0 aromatic heterocycles. The monoisotopic (exact) mass is 278 g/mol. The summed E-state index contributed by atoms with van der Waals surface area (Å²) in [6, 6.07) is 4.05. The van der Waals surface area contributed by atoms with E-state index in [0.29, 0.717) is 0 Å². The van der Waals surface area contributed by atoms with Gasteiger partial charge in [0.2, 0.25) is 0 Å². The van der Waals surface area contributed by atoms with E-state index in [0.717, 1.165) is 45.9 Å². The molecular formula is C17H23ClO. The van der Waals surface area contributed by atoms with Gasteiger partial charge in [0.1, 0.15) is 0 Å². The van der Waals surface area contributed by atoms with E-state index in [1.54, 1.807) is 0 Å². The summed E-state index contributed by atoms with van der Waals surface area (Å²) in [4.78, 5) is 0. The van der Waals surface area contributed by atoms with Crippen LogP contribution in [0.5, 0.6) is 0 Å². The zero-order valence-corrected chi connectivity index (χ0v) is 12.6. The number of fused-ring (bicyclic) bond motifs is 2. The van der Waals surface area contributed by atoms with Gasteiger partial charge in [0.25, 0.3) is 0 Å². The lowest BCUT2D eigenvalue weighted by molar-refractivity contribution is 0.125. The molecule has 4 atom stereocenters. The van der Waals surface area contributed by atoms with Crippen LogP contribution in [0.1, 0.15) is 54.9 Å². The predicted molar refractivity (Wildman–Crippen MR) is 79.4 cm³/mol. The fourth-order valence-corrected chi connectivity index (χ4v) is 4.46. The van der Waals surface area contributed by atoms with Gasteiger partial charge in [-0.3, -0.25) is 0 Å². The number of aliphatic hydroxyl groups is 1. The fraction of sp³-hybridized carbons (Fsp3) is 0.647. The molecule has 4 unspecified atom stereocenters. The standard InChI is InChI=1S/C17H23ClO/c1-10-6-16(18)11(2)5-15(10)17(19)9-14-8-12-3-4-13(14)7-12/h5-6,12-14,17,19H,3-4,7-9H2,1-2H3. The van der Waals surface area contributed by atoms with E-state index in [-0.39, 0.29) is 6.10 Å². The number of benzene rings is 1. The van der Waals surface area contributed by atoms with Crippen LogP contribution in [0.25, 0.3) is 0 Å². The molecule has 1 N–H and O–H groups in total. The van der Waals surface area contributed by atoms with Crippen molar-refractivity contribution < 1.29 is 5.11 Å². The van der Waals surface area contributed by atoms with Crippen LogP contribution in [-0.4, -0.2) is 5.11 Å². The average Bonchev–Trinajstić information content (AvgIpc) is 2.95. The minimum Gasteiger partial charge on any atom is -0.388 e. The maximum Gasteiger partial charge on any atom is 0.0795 e. The Kier molecular flexibility index (Phi) is 3.61. The summed E-state index contributed by atoms with van der Waals surface area (Å²) in [5.41, 5.74) is 3.25. The number of halogens is 1. The van der Waals surface area contributed by atoms with Crippen LogP contribution in [0, 0.1) is 31.6 Å². The largest absolute Gasteiger partial charge is 0.388 e. The topological polar surface area (TPSA) is 20.2 Å². The molecule has 0 spiro atoms. The molecule has 2 fully saturated rings. The number of hydrogen-bond acceptors (Lipinski definition) is 1. The second kappa shape index (κ2) is 5.10. The van der Waals surface area contributed by atoms with Gasteiger partial charge in [-0.2, -0.15) is 0 Å². The molecular weight excluding hydrogens is 256 g/mol. The predicted octanol–water partition coefficient (Wildman–Crippen LogP) is 4.82. The molecule has 0 radical (unpaired) electrons. The lowest BCUT2D eigenvalue weighted by Crippen LogP contribution is -2.15. The molecule has 2 aliphatic carbocycles. The second-order valence-electron chi connectivity index (χ2n) is 6.64. The molecule has 104 valence electrons. The van der Waals surface area contributed by atoms with Gasteiger partial charge in [-0.05, 0) is 80.0 Å². The van der Waals surface area contributed by atoms with Crippen LogP contribution in [0.4, 0.5) is 0 Å². The van der Waals surface area contributed by atoms with E-state index >= 15 is 0 Å². The zero-order valence-electron chi connectivity index (χ0n) is 11.8. The summed E-state index contributed by atoms with van der Waals surface area (Å²) in [6.07, 6.45) is 6.18. The molecule has 0 saturated heterocycles. The number of hydrogen-bond donors (Lipinski definition) is 1. The number of aliphatic hydroxyl groups excluding tert-OH is 1. The van der Waals surface area contributed by atoms with Crippen molar-refractivity contribution in [1.29, 1.82) is 0 Å². The summed E-state index contributed by atoms with van der Waals surface area (Å²) >= 11 is 6.13. The quantitative estimate of drug-likeness (QED) is 0.841. The van der Waals surface area contributed by atoms with Crippen molar-refractivity contribution in [3.63, 3.8) is 0 Å². The van der Waals surface area contributed by atoms with Crippen molar-refractivity contribution in [1.82, 2.24) is 0 Å². The number of rotatable bonds is 3. The lowest BCUT2D eigenvalue weighted by Gasteiger charge is -2.25. The number of aryl methyl sites for hydroxylation is 2. The summed E-state index contributed by atoms with van der Waals surface area (Å²) in [6.45, 7) is 4.06. The lowest BCUT2D eigenvalue weighted by atomic mass is 9.83. The highest BCUT2D eigenvalue weighted by Gasteiger charge is 2.40. The van der Waals surface area contributed by atoms with Crippen LogP contribution in [0.3, 0.4) is 0 Å². The van der Waals surface area contributed by atoms with Gasteiger partial charge in [-0.25, -0.2) is 0 Å². The van der Waals surface area contributed by atoms with E-state index in [1.165, 1.54) is 25.7 Å². The molecule has 2 aliphatic rings. The van der Waals surface area contributed by atoms with Crippen LogP contribution in [-0.2, 0) is 0 Å². The SMILES string of the molecule is Cc1cc(C(O)CC2CC3CCC2C3)c(C)cc1Cl. The molecule has 1 aromatic carbocycles. The molecule has 2 saturated carbocycles. The van der Waals surface area contributed by atoms with Crippen LogP contribution >= 0.6 is 11.6 Å². The summed E-state index contributed by atoms with van der Waals surface area (Å²) in [5, 5.41) is 11.4.